The Bertz CT molecular complexity index is 620. The fourth-order valence-electron chi connectivity index (χ4n) is 1.41. The minimum absolute atomic E-state index is 0.0198. The lowest BCUT2D eigenvalue weighted by atomic mass is 10.2. The van der Waals surface area contributed by atoms with Crippen molar-refractivity contribution in [2.24, 2.45) is 0 Å². The number of hydrogen-bond donors (Lipinski definition) is 2. The molecule has 0 atom stereocenters. The van der Waals surface area contributed by atoms with E-state index in [-0.39, 0.29) is 11.6 Å². The van der Waals surface area contributed by atoms with E-state index in [1.807, 2.05) is 0 Å². The first kappa shape index (κ1) is 12.5. The predicted molar refractivity (Wildman–Crippen MR) is 69.3 cm³/mol. The van der Waals surface area contributed by atoms with Crippen molar-refractivity contribution in [2.45, 2.75) is 0 Å². The van der Waals surface area contributed by atoms with E-state index in [1.165, 1.54) is 30.5 Å². The monoisotopic (exact) mass is 258 g/mol. The Labute approximate surface area is 108 Å². The number of nitrogens with one attached hydrogen (secondary N) is 2. The van der Waals surface area contributed by atoms with Crippen molar-refractivity contribution in [1.82, 2.24) is 9.97 Å². The number of amides is 1. The zero-order chi connectivity index (χ0) is 13.7. The molecule has 0 unspecified atom stereocenters. The van der Waals surface area contributed by atoms with Crippen molar-refractivity contribution in [3.05, 3.63) is 58.4 Å². The van der Waals surface area contributed by atoms with E-state index >= 15 is 0 Å². The van der Waals surface area contributed by atoms with Gasteiger partial charge in [0.25, 0.3) is 11.6 Å². The van der Waals surface area contributed by atoms with Crippen LogP contribution >= 0.6 is 0 Å². The Hall–Kier alpha value is -2.96. The zero-order valence-electron chi connectivity index (χ0n) is 9.74. The number of aromatic amines is 1. The third-order valence-corrected chi connectivity index (χ3v) is 2.25. The maximum Gasteiger partial charge on any atom is 0.270 e. The molecule has 1 heterocycles. The van der Waals surface area contributed by atoms with Gasteiger partial charge in [-0.05, 0) is 11.6 Å². The van der Waals surface area contributed by atoms with E-state index in [1.54, 1.807) is 18.3 Å². The first-order valence-corrected chi connectivity index (χ1v) is 5.38. The van der Waals surface area contributed by atoms with E-state index in [2.05, 4.69) is 15.3 Å². The van der Waals surface area contributed by atoms with E-state index in [9.17, 15) is 14.9 Å². The molecule has 1 aromatic carbocycles. The normalized spacial score (nSPS) is 10.5. The molecule has 0 radical (unpaired) electrons. The summed E-state index contributed by atoms with van der Waals surface area (Å²) in [6, 6.07) is 6.00. The minimum Gasteiger partial charge on any atom is -0.331 e. The number of non-ortho nitro benzene ring substituents is 1. The number of nitro benzene ring substituents is 1. The zero-order valence-corrected chi connectivity index (χ0v) is 9.74. The van der Waals surface area contributed by atoms with Crippen molar-refractivity contribution in [1.29, 1.82) is 0 Å². The van der Waals surface area contributed by atoms with Gasteiger partial charge in [0, 0.05) is 30.6 Å². The molecule has 0 saturated carbocycles. The van der Waals surface area contributed by atoms with Crippen LogP contribution in [-0.2, 0) is 4.79 Å². The number of anilines is 1. The lowest BCUT2D eigenvalue weighted by molar-refractivity contribution is -0.384. The average molecular weight is 258 g/mol. The second kappa shape index (κ2) is 5.58. The van der Waals surface area contributed by atoms with Crippen LogP contribution in [0.5, 0.6) is 0 Å². The summed E-state index contributed by atoms with van der Waals surface area (Å²) in [5.74, 6) is -0.0323. The molecule has 0 fully saturated rings. The molecule has 0 spiro atoms. The van der Waals surface area contributed by atoms with Crippen molar-refractivity contribution in [3.8, 4) is 0 Å². The summed E-state index contributed by atoms with van der Waals surface area (Å²) >= 11 is 0. The van der Waals surface area contributed by atoms with E-state index in [0.717, 1.165) is 0 Å². The lowest BCUT2D eigenvalue weighted by Gasteiger charge is -1.96. The molecule has 0 aliphatic carbocycles. The van der Waals surface area contributed by atoms with Gasteiger partial charge in [-0.25, -0.2) is 4.98 Å². The van der Waals surface area contributed by atoms with Crippen molar-refractivity contribution in [3.63, 3.8) is 0 Å². The Balaban J connectivity index is 2.04. The number of nitrogens with zero attached hydrogens (tertiary/aromatic N) is 2. The Kier molecular flexibility index (Phi) is 3.67. The molecule has 96 valence electrons. The van der Waals surface area contributed by atoms with Gasteiger partial charge in [-0.1, -0.05) is 12.1 Å². The van der Waals surface area contributed by atoms with Crippen LogP contribution in [0.15, 0.2) is 42.7 Å². The molecule has 0 saturated heterocycles. The second-order valence-electron chi connectivity index (χ2n) is 3.61. The number of rotatable bonds is 4. The van der Waals surface area contributed by atoms with Gasteiger partial charge < -0.3 is 4.98 Å². The molecular formula is C12H10N4O3. The van der Waals surface area contributed by atoms with Gasteiger partial charge in [-0.3, -0.25) is 20.2 Å². The molecule has 7 nitrogen and oxygen atoms in total. The summed E-state index contributed by atoms with van der Waals surface area (Å²) in [4.78, 5) is 28.2. The van der Waals surface area contributed by atoms with Crippen LogP contribution in [-0.4, -0.2) is 20.8 Å². The van der Waals surface area contributed by atoms with Crippen molar-refractivity contribution < 1.29 is 9.72 Å². The van der Waals surface area contributed by atoms with Crippen molar-refractivity contribution in [2.75, 3.05) is 5.32 Å². The smallest absolute Gasteiger partial charge is 0.270 e. The molecule has 19 heavy (non-hydrogen) atoms. The maximum absolute atomic E-state index is 11.5. The highest BCUT2D eigenvalue weighted by Crippen LogP contribution is 2.14. The van der Waals surface area contributed by atoms with Gasteiger partial charge in [0.15, 0.2) is 0 Å². The molecule has 1 amide bonds. The summed E-state index contributed by atoms with van der Waals surface area (Å²) in [5.41, 5.74) is 0.553. The molecule has 1 aromatic heterocycles. The average Bonchev–Trinajstić information content (AvgIpc) is 2.89. The van der Waals surface area contributed by atoms with E-state index < -0.39 is 4.92 Å². The maximum atomic E-state index is 11.5. The van der Waals surface area contributed by atoms with E-state index in [4.69, 9.17) is 0 Å². The molecular weight excluding hydrogens is 248 g/mol. The predicted octanol–water partition coefficient (Wildman–Crippen LogP) is 1.97. The number of carbonyl (C=O) groups excluding carboxylic acids is 1. The number of hydrogen-bond acceptors (Lipinski definition) is 4. The topological polar surface area (TPSA) is 101 Å². The number of aromatic nitrogens is 2. The molecule has 0 aliphatic rings. The summed E-state index contributed by atoms with van der Waals surface area (Å²) < 4.78 is 0. The van der Waals surface area contributed by atoms with Crippen molar-refractivity contribution >= 4 is 23.6 Å². The number of imidazole rings is 1. The van der Waals surface area contributed by atoms with Crippen LogP contribution in [0.4, 0.5) is 11.6 Å². The van der Waals surface area contributed by atoms with Crippen LogP contribution in [0.3, 0.4) is 0 Å². The van der Waals surface area contributed by atoms with Crippen LogP contribution in [0.1, 0.15) is 5.56 Å². The van der Waals surface area contributed by atoms with Crippen LogP contribution < -0.4 is 5.32 Å². The summed E-state index contributed by atoms with van der Waals surface area (Å²) in [6.07, 6.45) is 5.87. The molecule has 0 bridgehead atoms. The molecule has 2 rings (SSSR count). The Morgan fingerprint density at radius 3 is 3.00 bits per heavy atom. The quantitative estimate of drug-likeness (QED) is 0.497. The third kappa shape index (κ3) is 3.50. The van der Waals surface area contributed by atoms with Crippen LogP contribution in [0.25, 0.3) is 6.08 Å². The number of H-pyrrole nitrogens is 1. The highest BCUT2D eigenvalue weighted by molar-refractivity contribution is 6.00. The molecule has 0 aliphatic heterocycles. The van der Waals surface area contributed by atoms with E-state index in [0.29, 0.717) is 11.5 Å². The SMILES string of the molecule is O=C(C=Cc1cccc([N+](=O)[O-])c1)Nc1ncc[nH]1. The fourth-order valence-corrected chi connectivity index (χ4v) is 1.41. The van der Waals surface area contributed by atoms with Crippen LogP contribution in [0, 0.1) is 10.1 Å². The number of carbonyl (C=O) groups is 1. The molecule has 2 N–H and O–H groups in total. The highest BCUT2D eigenvalue weighted by Gasteiger charge is 2.04. The summed E-state index contributed by atoms with van der Waals surface area (Å²) in [6.45, 7) is 0. The second-order valence-corrected chi connectivity index (χ2v) is 3.61. The van der Waals surface area contributed by atoms with Gasteiger partial charge in [-0.15, -0.1) is 0 Å². The first-order chi connectivity index (χ1) is 9.15. The molecule has 2 aromatic rings. The van der Waals surface area contributed by atoms with Gasteiger partial charge in [0.2, 0.25) is 5.95 Å². The standard InChI is InChI=1S/C12H10N4O3/c17-11(15-12-13-6-7-14-12)5-4-9-2-1-3-10(8-9)16(18)19/h1-8H,(H2,13,14,15,17). The summed E-state index contributed by atoms with van der Waals surface area (Å²) in [7, 11) is 0. The first-order valence-electron chi connectivity index (χ1n) is 5.38. The van der Waals surface area contributed by atoms with Gasteiger partial charge >= 0.3 is 0 Å². The number of benzene rings is 1. The minimum atomic E-state index is -0.486. The third-order valence-electron chi connectivity index (χ3n) is 2.25. The van der Waals surface area contributed by atoms with Gasteiger partial charge in [0.1, 0.15) is 0 Å². The highest BCUT2D eigenvalue weighted by atomic mass is 16.6. The van der Waals surface area contributed by atoms with Gasteiger partial charge in [-0.2, -0.15) is 0 Å². The lowest BCUT2D eigenvalue weighted by Crippen LogP contribution is -2.08. The number of nitro groups is 1. The fraction of sp³-hybridized carbons (Fsp3) is 0. The van der Waals surface area contributed by atoms with Crippen LogP contribution in [0.2, 0.25) is 0 Å². The largest absolute Gasteiger partial charge is 0.331 e. The Morgan fingerprint density at radius 2 is 2.32 bits per heavy atom. The Morgan fingerprint density at radius 1 is 1.47 bits per heavy atom. The summed E-state index contributed by atoms with van der Waals surface area (Å²) in [5, 5.41) is 13.1. The van der Waals surface area contributed by atoms with Gasteiger partial charge in [0.05, 0.1) is 4.92 Å². The molecule has 7 heteroatoms.